The van der Waals surface area contributed by atoms with Crippen LogP contribution >= 0.6 is 34.5 Å². The molecule has 0 aliphatic carbocycles. The van der Waals surface area contributed by atoms with Crippen LogP contribution in [-0.2, 0) is 11.0 Å². The lowest BCUT2D eigenvalue weighted by Gasteiger charge is -2.16. The van der Waals surface area contributed by atoms with Gasteiger partial charge < -0.3 is 10.4 Å². The fraction of sp³-hybridized carbons (Fsp3) is 0.300. The van der Waals surface area contributed by atoms with Crippen LogP contribution in [0, 0.1) is 0 Å². The summed E-state index contributed by atoms with van der Waals surface area (Å²) < 4.78 is 51.6. The third kappa shape index (κ3) is 7.18. The quantitative estimate of drug-likeness (QED) is 0.374. The van der Waals surface area contributed by atoms with Gasteiger partial charge in [0.1, 0.15) is 28.9 Å². The molecular formula is C20H18Cl2F3N5O3S2. The molecule has 3 aromatic rings. The maximum atomic E-state index is 12.7. The topological polar surface area (TPSA) is 117 Å². The molecule has 1 atom stereocenters. The smallest absolute Gasteiger partial charge is 0.389 e. The molecule has 188 valence electrons. The average molecular weight is 568 g/mol. The van der Waals surface area contributed by atoms with Crippen LogP contribution in [0.4, 0.5) is 13.2 Å². The van der Waals surface area contributed by atoms with Gasteiger partial charge in [-0.3, -0.25) is 14.8 Å². The Morgan fingerprint density at radius 2 is 1.89 bits per heavy atom. The third-order valence-corrected chi connectivity index (χ3v) is 7.43. The number of hydrogen-bond donors (Lipinski definition) is 3. The molecule has 1 amide bonds. The van der Waals surface area contributed by atoms with E-state index in [1.165, 1.54) is 44.6 Å². The van der Waals surface area contributed by atoms with E-state index in [-0.39, 0.29) is 32.2 Å². The summed E-state index contributed by atoms with van der Waals surface area (Å²) in [4.78, 5) is 25.5. The van der Waals surface area contributed by atoms with E-state index in [0.717, 1.165) is 11.3 Å². The van der Waals surface area contributed by atoms with Crippen LogP contribution in [0.1, 0.15) is 23.6 Å². The Kier molecular flexibility index (Phi) is 8.50. The Labute approximate surface area is 214 Å². The molecule has 2 heterocycles. The average Bonchev–Trinajstić information content (AvgIpc) is 3.22. The predicted molar refractivity (Wildman–Crippen MR) is 128 cm³/mol. The van der Waals surface area contributed by atoms with Crippen molar-refractivity contribution < 1.29 is 27.3 Å². The van der Waals surface area contributed by atoms with E-state index in [1.807, 2.05) is 4.72 Å². The SMILES string of the molecule is CC(C)(O)CNC(=O)c1nc(-c2cnccn2)c(-c2ccc(S(=O)NCC(F)(F)F)c(Cl)c2Cl)s1. The minimum Gasteiger partial charge on any atom is -0.389 e. The molecule has 2 aromatic heterocycles. The molecule has 0 aliphatic rings. The number of nitrogens with zero attached hydrogens (tertiary/aromatic N) is 3. The van der Waals surface area contributed by atoms with E-state index in [9.17, 15) is 27.3 Å². The van der Waals surface area contributed by atoms with E-state index in [4.69, 9.17) is 23.2 Å². The Morgan fingerprint density at radius 1 is 1.17 bits per heavy atom. The van der Waals surface area contributed by atoms with Crippen molar-refractivity contribution >= 4 is 51.4 Å². The van der Waals surface area contributed by atoms with E-state index in [0.29, 0.717) is 16.1 Å². The summed E-state index contributed by atoms with van der Waals surface area (Å²) >= 11 is 13.7. The number of carbonyl (C=O) groups is 1. The van der Waals surface area contributed by atoms with Crippen LogP contribution in [0.3, 0.4) is 0 Å². The van der Waals surface area contributed by atoms with Crippen molar-refractivity contribution in [1.29, 1.82) is 0 Å². The van der Waals surface area contributed by atoms with Crippen LogP contribution < -0.4 is 10.0 Å². The van der Waals surface area contributed by atoms with Crippen molar-refractivity contribution in [2.75, 3.05) is 13.1 Å². The van der Waals surface area contributed by atoms with Gasteiger partial charge in [-0.05, 0) is 19.9 Å². The van der Waals surface area contributed by atoms with Gasteiger partial charge in [0.2, 0.25) is 0 Å². The van der Waals surface area contributed by atoms with E-state index in [2.05, 4.69) is 20.3 Å². The molecule has 0 aliphatic heterocycles. The first-order valence-corrected chi connectivity index (χ1v) is 12.5. The van der Waals surface area contributed by atoms with Crippen molar-refractivity contribution in [2.24, 2.45) is 0 Å². The highest BCUT2D eigenvalue weighted by Crippen LogP contribution is 2.43. The van der Waals surface area contributed by atoms with Gasteiger partial charge in [-0.15, -0.1) is 11.3 Å². The number of aliphatic hydroxyl groups is 1. The number of halogens is 5. The highest BCUT2D eigenvalue weighted by molar-refractivity contribution is 7.83. The molecule has 1 aromatic carbocycles. The molecular weight excluding hydrogens is 550 g/mol. The molecule has 1 unspecified atom stereocenters. The lowest BCUT2D eigenvalue weighted by Crippen LogP contribution is -2.38. The maximum absolute atomic E-state index is 12.7. The lowest BCUT2D eigenvalue weighted by atomic mass is 10.1. The fourth-order valence-electron chi connectivity index (χ4n) is 2.64. The molecule has 0 bridgehead atoms. The first-order valence-electron chi connectivity index (χ1n) is 9.75. The third-order valence-electron chi connectivity index (χ3n) is 4.20. The van der Waals surface area contributed by atoms with Crippen LogP contribution in [0.5, 0.6) is 0 Å². The lowest BCUT2D eigenvalue weighted by molar-refractivity contribution is -0.121. The second kappa shape index (κ2) is 10.8. The summed E-state index contributed by atoms with van der Waals surface area (Å²) in [5.41, 5.74) is -0.259. The van der Waals surface area contributed by atoms with Crippen LogP contribution in [-0.4, -0.2) is 55.0 Å². The van der Waals surface area contributed by atoms with Gasteiger partial charge in [0, 0.05) is 24.5 Å². The van der Waals surface area contributed by atoms with Crippen molar-refractivity contribution in [3.8, 4) is 21.8 Å². The Bertz CT molecular complexity index is 1250. The normalized spacial score (nSPS) is 13.0. The van der Waals surface area contributed by atoms with E-state index >= 15 is 0 Å². The fourth-order valence-corrected chi connectivity index (χ4v) is 5.32. The molecule has 3 rings (SSSR count). The minimum atomic E-state index is -4.57. The monoisotopic (exact) mass is 567 g/mol. The number of rotatable bonds is 8. The van der Waals surface area contributed by atoms with E-state index in [1.54, 1.807) is 0 Å². The van der Waals surface area contributed by atoms with Gasteiger partial charge in [-0.25, -0.2) is 13.9 Å². The molecule has 0 spiro atoms. The molecule has 0 fully saturated rings. The maximum Gasteiger partial charge on any atom is 0.402 e. The number of thiazole rings is 1. The first-order chi connectivity index (χ1) is 16.3. The summed E-state index contributed by atoms with van der Waals surface area (Å²) in [6, 6.07) is 2.69. The molecule has 35 heavy (non-hydrogen) atoms. The van der Waals surface area contributed by atoms with Gasteiger partial charge in [-0.2, -0.15) is 13.2 Å². The van der Waals surface area contributed by atoms with Gasteiger partial charge in [0.15, 0.2) is 5.01 Å². The first kappa shape index (κ1) is 27.4. The Balaban J connectivity index is 2.03. The van der Waals surface area contributed by atoms with Gasteiger partial charge >= 0.3 is 6.18 Å². The zero-order valence-electron chi connectivity index (χ0n) is 18.1. The van der Waals surface area contributed by atoms with E-state index < -0.39 is 35.2 Å². The summed E-state index contributed by atoms with van der Waals surface area (Å²) in [5, 5.41) is 12.2. The number of aromatic nitrogens is 3. The highest BCUT2D eigenvalue weighted by atomic mass is 35.5. The standard InChI is InChI=1S/C20H18Cl2F3N5O3S2/c1-19(2,32)8-28-17(31)18-30-15(11-7-26-5-6-27-11)16(34-18)10-3-4-12(14(22)13(10)21)35(33)29-9-20(23,24)25/h3-7,29,32H,8-9H2,1-2H3,(H,28,31). The summed E-state index contributed by atoms with van der Waals surface area (Å²) in [7, 11) is -2.28. The summed E-state index contributed by atoms with van der Waals surface area (Å²) in [6.45, 7) is 1.55. The predicted octanol–water partition coefficient (Wildman–Crippen LogP) is 4.25. The second-order valence-corrected chi connectivity index (χ2v) is 10.7. The Hall–Kier alpha value is -2.16. The molecule has 0 radical (unpaired) electrons. The van der Waals surface area contributed by atoms with Gasteiger partial charge in [0.05, 0.1) is 31.6 Å². The van der Waals surface area contributed by atoms with Gasteiger partial charge in [-0.1, -0.05) is 29.3 Å². The van der Waals surface area contributed by atoms with Gasteiger partial charge in [0.25, 0.3) is 5.91 Å². The van der Waals surface area contributed by atoms with Crippen molar-refractivity contribution in [3.63, 3.8) is 0 Å². The van der Waals surface area contributed by atoms with Crippen molar-refractivity contribution in [2.45, 2.75) is 30.5 Å². The van der Waals surface area contributed by atoms with Crippen LogP contribution in [0.2, 0.25) is 10.0 Å². The van der Waals surface area contributed by atoms with Crippen molar-refractivity contribution in [1.82, 2.24) is 25.0 Å². The zero-order valence-corrected chi connectivity index (χ0v) is 21.3. The molecule has 0 saturated carbocycles. The van der Waals surface area contributed by atoms with Crippen molar-refractivity contribution in [3.05, 3.63) is 45.8 Å². The summed E-state index contributed by atoms with van der Waals surface area (Å²) in [5.74, 6) is -0.551. The number of amides is 1. The second-order valence-electron chi connectivity index (χ2n) is 7.73. The largest absolute Gasteiger partial charge is 0.402 e. The molecule has 15 heteroatoms. The number of benzene rings is 1. The molecule has 8 nitrogen and oxygen atoms in total. The zero-order chi connectivity index (χ0) is 26.0. The molecule has 0 saturated heterocycles. The molecule has 3 N–H and O–H groups in total. The highest BCUT2D eigenvalue weighted by Gasteiger charge is 2.29. The number of carbonyl (C=O) groups excluding carboxylic acids is 1. The van der Waals surface area contributed by atoms with Crippen LogP contribution in [0.15, 0.2) is 35.6 Å². The van der Waals surface area contributed by atoms with Crippen LogP contribution in [0.25, 0.3) is 21.8 Å². The Morgan fingerprint density at radius 3 is 2.49 bits per heavy atom. The number of hydrogen-bond acceptors (Lipinski definition) is 7. The minimum absolute atomic E-state index is 0.0285. The summed E-state index contributed by atoms with van der Waals surface area (Å²) in [6.07, 6.45) is -0.257. The number of nitrogens with one attached hydrogen (secondary N) is 2. The number of alkyl halides is 3.